The smallest absolute Gasteiger partial charge is 0.316 e. The van der Waals surface area contributed by atoms with Crippen LogP contribution >= 0.6 is 0 Å². The number of halogens is 3. The van der Waals surface area contributed by atoms with E-state index in [9.17, 15) is 13.2 Å². The maximum absolute atomic E-state index is 12.5. The summed E-state index contributed by atoms with van der Waals surface area (Å²) in [6, 6.07) is 12.1. The molecule has 3 aromatic rings. The number of anilines is 1. The number of nitrogens with one attached hydrogen (secondary N) is 1. The number of aryl methyl sites for hydroxylation is 2. The van der Waals surface area contributed by atoms with Crippen molar-refractivity contribution in [2.45, 2.75) is 20.0 Å². The van der Waals surface area contributed by atoms with Crippen LogP contribution in [0.1, 0.15) is 22.4 Å². The van der Waals surface area contributed by atoms with Crippen molar-refractivity contribution in [3.8, 4) is 5.69 Å². The number of benzene rings is 1. The summed E-state index contributed by atoms with van der Waals surface area (Å²) in [6.07, 6.45) is -0.117. The molecule has 0 saturated heterocycles. The van der Waals surface area contributed by atoms with E-state index in [0.717, 1.165) is 23.6 Å². The SMILES string of the molecule is Cc1ccc(-n2cccc2/C=N\Nc2ccc(C(F)(F)F)cn2)cc1C. The van der Waals surface area contributed by atoms with Gasteiger partial charge < -0.3 is 4.57 Å². The molecule has 7 heteroatoms. The third kappa shape index (κ3) is 3.93. The number of pyridine rings is 1. The first kappa shape index (κ1) is 17.7. The molecular formula is C19H17F3N4. The van der Waals surface area contributed by atoms with Crippen molar-refractivity contribution in [3.05, 3.63) is 77.2 Å². The molecule has 0 bridgehead atoms. The second-order valence-corrected chi connectivity index (χ2v) is 5.87. The van der Waals surface area contributed by atoms with Crippen molar-refractivity contribution in [1.82, 2.24) is 9.55 Å². The maximum Gasteiger partial charge on any atom is 0.417 e. The molecule has 0 atom stereocenters. The first-order chi connectivity index (χ1) is 12.3. The number of hydrogen-bond acceptors (Lipinski definition) is 3. The van der Waals surface area contributed by atoms with E-state index in [4.69, 9.17) is 0 Å². The van der Waals surface area contributed by atoms with Gasteiger partial charge in [-0.25, -0.2) is 4.98 Å². The Labute approximate surface area is 149 Å². The highest BCUT2D eigenvalue weighted by atomic mass is 19.4. The third-order valence-electron chi connectivity index (χ3n) is 4.02. The van der Waals surface area contributed by atoms with Crippen LogP contribution < -0.4 is 5.43 Å². The molecule has 4 nitrogen and oxygen atoms in total. The molecule has 2 heterocycles. The van der Waals surface area contributed by atoms with Gasteiger partial charge in [-0.1, -0.05) is 6.07 Å². The van der Waals surface area contributed by atoms with Gasteiger partial charge in [0.1, 0.15) is 5.82 Å². The summed E-state index contributed by atoms with van der Waals surface area (Å²) in [5, 5.41) is 4.06. The van der Waals surface area contributed by atoms with Gasteiger partial charge in [-0.05, 0) is 61.4 Å². The van der Waals surface area contributed by atoms with Gasteiger partial charge in [0.2, 0.25) is 0 Å². The van der Waals surface area contributed by atoms with Crippen molar-refractivity contribution < 1.29 is 13.2 Å². The molecular weight excluding hydrogens is 341 g/mol. The molecule has 1 N–H and O–H groups in total. The lowest BCUT2D eigenvalue weighted by Crippen LogP contribution is -2.06. The van der Waals surface area contributed by atoms with Gasteiger partial charge in [0.15, 0.2) is 0 Å². The molecule has 0 radical (unpaired) electrons. The van der Waals surface area contributed by atoms with E-state index >= 15 is 0 Å². The van der Waals surface area contributed by atoms with Crippen LogP contribution in [0.5, 0.6) is 0 Å². The molecule has 0 aliphatic rings. The highest BCUT2D eigenvalue weighted by Crippen LogP contribution is 2.28. The molecule has 0 fully saturated rings. The zero-order valence-electron chi connectivity index (χ0n) is 14.2. The standard InChI is InChI=1S/C19H17F3N4/c1-13-5-7-16(10-14(13)2)26-9-3-4-17(26)12-24-25-18-8-6-15(11-23-18)19(20,21)22/h3-12H,1-2H3,(H,23,25)/b24-12-. The van der Waals surface area contributed by atoms with Gasteiger partial charge in [-0.2, -0.15) is 18.3 Å². The second-order valence-electron chi connectivity index (χ2n) is 5.87. The molecule has 1 aromatic carbocycles. The summed E-state index contributed by atoms with van der Waals surface area (Å²) in [4.78, 5) is 3.71. The number of alkyl halides is 3. The fourth-order valence-electron chi connectivity index (χ4n) is 2.40. The lowest BCUT2D eigenvalue weighted by molar-refractivity contribution is -0.137. The average molecular weight is 358 g/mol. The van der Waals surface area contributed by atoms with E-state index in [1.807, 2.05) is 35.9 Å². The van der Waals surface area contributed by atoms with E-state index in [-0.39, 0.29) is 5.82 Å². The monoisotopic (exact) mass is 358 g/mol. The summed E-state index contributed by atoms with van der Waals surface area (Å²) >= 11 is 0. The van der Waals surface area contributed by atoms with Crippen molar-refractivity contribution in [2.24, 2.45) is 5.10 Å². The Morgan fingerprint density at radius 1 is 1.08 bits per heavy atom. The Bertz CT molecular complexity index is 925. The van der Waals surface area contributed by atoms with Crippen molar-refractivity contribution in [1.29, 1.82) is 0 Å². The highest BCUT2D eigenvalue weighted by Gasteiger charge is 2.30. The van der Waals surface area contributed by atoms with E-state index < -0.39 is 11.7 Å². The Morgan fingerprint density at radius 3 is 2.54 bits per heavy atom. The first-order valence-corrected chi connectivity index (χ1v) is 7.92. The zero-order valence-corrected chi connectivity index (χ0v) is 14.2. The molecule has 2 aromatic heterocycles. The maximum atomic E-state index is 12.5. The summed E-state index contributed by atoms with van der Waals surface area (Å²) in [6.45, 7) is 4.10. The van der Waals surface area contributed by atoms with E-state index in [2.05, 4.69) is 34.6 Å². The van der Waals surface area contributed by atoms with Gasteiger partial charge in [0.05, 0.1) is 17.5 Å². The predicted octanol–water partition coefficient (Wildman–Crippen LogP) is 4.95. The molecule has 0 aliphatic carbocycles. The average Bonchev–Trinajstić information content (AvgIpc) is 3.05. The minimum Gasteiger partial charge on any atom is -0.316 e. The van der Waals surface area contributed by atoms with Crippen LogP contribution in [-0.4, -0.2) is 15.8 Å². The van der Waals surface area contributed by atoms with Crippen LogP contribution in [0.4, 0.5) is 19.0 Å². The quantitative estimate of drug-likeness (QED) is 0.529. The minimum atomic E-state index is -4.40. The lowest BCUT2D eigenvalue weighted by atomic mass is 10.1. The first-order valence-electron chi connectivity index (χ1n) is 7.92. The van der Waals surface area contributed by atoms with Gasteiger partial charge in [0.25, 0.3) is 0 Å². The van der Waals surface area contributed by atoms with Crippen LogP contribution in [0.3, 0.4) is 0 Å². The normalized spacial score (nSPS) is 11.9. The second kappa shape index (κ2) is 7.03. The van der Waals surface area contributed by atoms with Crippen molar-refractivity contribution in [3.63, 3.8) is 0 Å². The summed E-state index contributed by atoms with van der Waals surface area (Å²) < 4.78 is 39.5. The number of aromatic nitrogens is 2. The molecule has 0 aliphatic heterocycles. The fourth-order valence-corrected chi connectivity index (χ4v) is 2.40. The Morgan fingerprint density at radius 2 is 1.88 bits per heavy atom. The van der Waals surface area contributed by atoms with E-state index in [0.29, 0.717) is 0 Å². The predicted molar refractivity (Wildman–Crippen MR) is 95.7 cm³/mol. The molecule has 0 saturated carbocycles. The summed E-state index contributed by atoms with van der Waals surface area (Å²) in [5.41, 5.74) is 6.08. The van der Waals surface area contributed by atoms with Crippen LogP contribution in [0.25, 0.3) is 5.69 Å². The molecule has 3 rings (SSSR count). The van der Waals surface area contributed by atoms with Gasteiger partial charge in [0, 0.05) is 18.1 Å². The van der Waals surface area contributed by atoms with Crippen LogP contribution in [-0.2, 0) is 6.18 Å². The number of hydrogen-bond donors (Lipinski definition) is 1. The topological polar surface area (TPSA) is 42.2 Å². The van der Waals surface area contributed by atoms with Gasteiger partial charge in [-0.15, -0.1) is 0 Å². The summed E-state index contributed by atoms with van der Waals surface area (Å²) in [5.74, 6) is 0.235. The molecule has 26 heavy (non-hydrogen) atoms. The number of hydrazone groups is 1. The third-order valence-corrected chi connectivity index (χ3v) is 4.02. The molecule has 0 spiro atoms. The lowest BCUT2D eigenvalue weighted by Gasteiger charge is -2.09. The minimum absolute atomic E-state index is 0.235. The number of nitrogens with zero attached hydrogens (tertiary/aromatic N) is 3. The Kier molecular flexibility index (Phi) is 4.79. The van der Waals surface area contributed by atoms with Crippen LogP contribution in [0.15, 0.2) is 60.0 Å². The highest BCUT2D eigenvalue weighted by molar-refractivity contribution is 5.79. The van der Waals surface area contributed by atoms with Crippen LogP contribution in [0, 0.1) is 13.8 Å². The molecule has 134 valence electrons. The Balaban J connectivity index is 1.74. The van der Waals surface area contributed by atoms with Gasteiger partial charge >= 0.3 is 6.18 Å². The number of rotatable bonds is 4. The van der Waals surface area contributed by atoms with Gasteiger partial charge in [-0.3, -0.25) is 5.43 Å². The van der Waals surface area contributed by atoms with Crippen LogP contribution in [0.2, 0.25) is 0 Å². The van der Waals surface area contributed by atoms with E-state index in [1.165, 1.54) is 17.2 Å². The summed E-state index contributed by atoms with van der Waals surface area (Å²) in [7, 11) is 0. The molecule has 0 amide bonds. The zero-order chi connectivity index (χ0) is 18.7. The molecule has 0 unspecified atom stereocenters. The Hall–Kier alpha value is -3.09. The fraction of sp³-hybridized carbons (Fsp3) is 0.158. The van der Waals surface area contributed by atoms with Crippen molar-refractivity contribution in [2.75, 3.05) is 5.43 Å². The van der Waals surface area contributed by atoms with Crippen molar-refractivity contribution >= 4 is 12.0 Å². The van der Waals surface area contributed by atoms with E-state index in [1.54, 1.807) is 6.21 Å². The largest absolute Gasteiger partial charge is 0.417 e.